The standard InChI is InChI=1S/C20H19ClFN5O3/c1-2-30-19(29)11-17(13-7-3-5-9-15(13)21)23-18(28)12-27-25-20(24-26-27)14-8-4-6-10-16(14)22/h3-10,17H,2,11-12H2,1H3,(H,23,28)/t17-/m0/s1. The molecule has 0 saturated heterocycles. The summed E-state index contributed by atoms with van der Waals surface area (Å²) in [5.41, 5.74) is 0.763. The fourth-order valence-electron chi connectivity index (χ4n) is 2.81. The van der Waals surface area contributed by atoms with Crippen LogP contribution in [0, 0.1) is 5.82 Å². The Labute approximate surface area is 177 Å². The molecule has 0 aliphatic rings. The molecule has 3 aromatic rings. The number of rotatable bonds is 8. The maximum absolute atomic E-state index is 13.9. The molecule has 1 N–H and O–H groups in total. The molecule has 0 spiro atoms. The molecule has 0 aliphatic carbocycles. The quantitative estimate of drug-likeness (QED) is 0.550. The van der Waals surface area contributed by atoms with E-state index >= 15 is 0 Å². The summed E-state index contributed by atoms with van der Waals surface area (Å²) in [6, 6.07) is 12.2. The second kappa shape index (κ2) is 9.93. The Kier molecular flexibility index (Phi) is 7.08. The molecular formula is C20H19ClFN5O3. The molecule has 1 atom stereocenters. The number of esters is 1. The van der Waals surface area contributed by atoms with Gasteiger partial charge in [-0.25, -0.2) is 4.39 Å². The van der Waals surface area contributed by atoms with Crippen molar-refractivity contribution in [1.29, 1.82) is 0 Å². The van der Waals surface area contributed by atoms with Crippen molar-refractivity contribution in [1.82, 2.24) is 25.5 Å². The van der Waals surface area contributed by atoms with Gasteiger partial charge in [0.1, 0.15) is 12.4 Å². The van der Waals surface area contributed by atoms with Gasteiger partial charge in [-0.15, -0.1) is 10.2 Å². The average Bonchev–Trinajstić information content (AvgIpc) is 3.16. The van der Waals surface area contributed by atoms with Crippen molar-refractivity contribution in [2.75, 3.05) is 6.61 Å². The van der Waals surface area contributed by atoms with Gasteiger partial charge in [-0.05, 0) is 35.9 Å². The van der Waals surface area contributed by atoms with Crippen LogP contribution >= 0.6 is 11.6 Å². The van der Waals surface area contributed by atoms with Crippen molar-refractivity contribution < 1.29 is 18.7 Å². The first-order valence-electron chi connectivity index (χ1n) is 9.20. The lowest BCUT2D eigenvalue weighted by Crippen LogP contribution is -2.34. The van der Waals surface area contributed by atoms with Crippen LogP contribution in [-0.2, 0) is 20.9 Å². The van der Waals surface area contributed by atoms with E-state index in [0.717, 1.165) is 4.80 Å². The van der Waals surface area contributed by atoms with Gasteiger partial charge in [-0.2, -0.15) is 4.80 Å². The van der Waals surface area contributed by atoms with Crippen LogP contribution in [0.25, 0.3) is 11.4 Å². The lowest BCUT2D eigenvalue weighted by Gasteiger charge is -2.19. The SMILES string of the molecule is CCOC(=O)C[C@H](NC(=O)Cn1nnc(-c2ccccc2F)n1)c1ccccc1Cl. The second-order valence-electron chi connectivity index (χ2n) is 6.27. The normalized spacial score (nSPS) is 11.7. The molecular weight excluding hydrogens is 413 g/mol. The van der Waals surface area contributed by atoms with E-state index in [1.807, 2.05) is 0 Å². The first-order valence-corrected chi connectivity index (χ1v) is 9.57. The predicted molar refractivity (Wildman–Crippen MR) is 107 cm³/mol. The number of nitrogens with one attached hydrogen (secondary N) is 1. The van der Waals surface area contributed by atoms with Gasteiger partial charge in [0.25, 0.3) is 0 Å². The first-order chi connectivity index (χ1) is 14.5. The highest BCUT2D eigenvalue weighted by Gasteiger charge is 2.22. The third-order valence-corrected chi connectivity index (χ3v) is 4.49. The molecule has 0 unspecified atom stereocenters. The number of aromatic nitrogens is 4. The fourth-order valence-corrected chi connectivity index (χ4v) is 3.08. The third-order valence-electron chi connectivity index (χ3n) is 4.14. The fraction of sp³-hybridized carbons (Fsp3) is 0.250. The highest BCUT2D eigenvalue weighted by molar-refractivity contribution is 6.31. The number of ether oxygens (including phenoxy) is 1. The molecule has 156 valence electrons. The van der Waals surface area contributed by atoms with Gasteiger partial charge < -0.3 is 10.1 Å². The summed E-state index contributed by atoms with van der Waals surface area (Å²) in [4.78, 5) is 25.6. The molecule has 1 aromatic heterocycles. The molecule has 8 nitrogen and oxygen atoms in total. The summed E-state index contributed by atoms with van der Waals surface area (Å²) in [6.45, 7) is 1.65. The number of nitrogens with zero attached hydrogens (tertiary/aromatic N) is 4. The Morgan fingerprint density at radius 3 is 2.67 bits per heavy atom. The Morgan fingerprint density at radius 1 is 1.20 bits per heavy atom. The van der Waals surface area contributed by atoms with Gasteiger partial charge in [-0.3, -0.25) is 9.59 Å². The number of carbonyl (C=O) groups excluding carboxylic acids is 2. The Bertz CT molecular complexity index is 1040. The zero-order chi connectivity index (χ0) is 21.5. The minimum absolute atomic E-state index is 0.0649. The number of hydrogen-bond acceptors (Lipinski definition) is 6. The van der Waals surface area contributed by atoms with E-state index in [1.165, 1.54) is 12.1 Å². The highest BCUT2D eigenvalue weighted by Crippen LogP contribution is 2.25. The molecule has 1 amide bonds. The van der Waals surface area contributed by atoms with E-state index in [2.05, 4.69) is 20.7 Å². The minimum atomic E-state index is -0.695. The molecule has 0 bridgehead atoms. The van der Waals surface area contributed by atoms with E-state index in [0.29, 0.717) is 10.6 Å². The largest absolute Gasteiger partial charge is 0.466 e. The van der Waals surface area contributed by atoms with Crippen molar-refractivity contribution in [2.45, 2.75) is 25.9 Å². The van der Waals surface area contributed by atoms with E-state index in [1.54, 1.807) is 43.3 Å². The van der Waals surface area contributed by atoms with Crippen molar-refractivity contribution in [3.8, 4) is 11.4 Å². The summed E-state index contributed by atoms with van der Waals surface area (Å²) in [7, 11) is 0. The summed E-state index contributed by atoms with van der Waals surface area (Å²) >= 11 is 6.23. The van der Waals surface area contributed by atoms with E-state index in [-0.39, 0.29) is 31.0 Å². The maximum Gasteiger partial charge on any atom is 0.308 e. The lowest BCUT2D eigenvalue weighted by atomic mass is 10.0. The summed E-state index contributed by atoms with van der Waals surface area (Å²) < 4.78 is 18.9. The highest BCUT2D eigenvalue weighted by atomic mass is 35.5. The van der Waals surface area contributed by atoms with Crippen LogP contribution < -0.4 is 5.32 Å². The monoisotopic (exact) mass is 431 g/mol. The van der Waals surface area contributed by atoms with E-state index in [9.17, 15) is 14.0 Å². The summed E-state index contributed by atoms with van der Waals surface area (Å²) in [6.07, 6.45) is -0.0887. The zero-order valence-corrected chi connectivity index (χ0v) is 16.8. The van der Waals surface area contributed by atoms with Gasteiger partial charge in [0.15, 0.2) is 0 Å². The van der Waals surface area contributed by atoms with Crippen LogP contribution in [0.4, 0.5) is 4.39 Å². The van der Waals surface area contributed by atoms with Gasteiger partial charge in [0.05, 0.1) is 24.6 Å². The number of tetrazole rings is 1. The van der Waals surface area contributed by atoms with E-state index < -0.39 is 23.7 Å². The van der Waals surface area contributed by atoms with Crippen LogP contribution in [0.2, 0.25) is 5.02 Å². The number of hydrogen-bond donors (Lipinski definition) is 1. The van der Waals surface area contributed by atoms with Crippen LogP contribution in [-0.4, -0.2) is 38.7 Å². The molecule has 0 aliphatic heterocycles. The molecule has 2 aromatic carbocycles. The molecule has 30 heavy (non-hydrogen) atoms. The molecule has 0 saturated carbocycles. The first kappa shape index (κ1) is 21.4. The average molecular weight is 432 g/mol. The molecule has 0 radical (unpaired) electrons. The molecule has 10 heteroatoms. The van der Waals surface area contributed by atoms with Crippen LogP contribution in [0.5, 0.6) is 0 Å². The number of benzene rings is 2. The van der Waals surface area contributed by atoms with E-state index in [4.69, 9.17) is 16.3 Å². The third kappa shape index (κ3) is 5.38. The second-order valence-corrected chi connectivity index (χ2v) is 6.68. The molecule has 1 heterocycles. The molecule has 0 fully saturated rings. The number of carbonyl (C=O) groups is 2. The van der Waals surface area contributed by atoms with Crippen molar-refractivity contribution in [3.63, 3.8) is 0 Å². The minimum Gasteiger partial charge on any atom is -0.466 e. The Balaban J connectivity index is 1.72. The van der Waals surface area contributed by atoms with Gasteiger partial charge in [0.2, 0.25) is 11.7 Å². The Morgan fingerprint density at radius 2 is 1.93 bits per heavy atom. The summed E-state index contributed by atoms with van der Waals surface area (Å²) in [5, 5.41) is 14.8. The Hall–Kier alpha value is -3.33. The molecule has 3 rings (SSSR count). The van der Waals surface area contributed by atoms with Crippen molar-refractivity contribution in [2.24, 2.45) is 0 Å². The predicted octanol–water partition coefficient (Wildman–Crippen LogP) is 2.94. The van der Waals surface area contributed by atoms with Crippen LogP contribution in [0.1, 0.15) is 24.9 Å². The lowest BCUT2D eigenvalue weighted by molar-refractivity contribution is -0.143. The van der Waals surface area contributed by atoms with Crippen molar-refractivity contribution >= 4 is 23.5 Å². The van der Waals surface area contributed by atoms with Crippen molar-refractivity contribution in [3.05, 3.63) is 64.9 Å². The van der Waals surface area contributed by atoms with Gasteiger partial charge in [0, 0.05) is 5.02 Å². The maximum atomic E-state index is 13.9. The van der Waals surface area contributed by atoms with Crippen LogP contribution in [0.3, 0.4) is 0 Å². The zero-order valence-electron chi connectivity index (χ0n) is 16.1. The van der Waals surface area contributed by atoms with Crippen LogP contribution in [0.15, 0.2) is 48.5 Å². The van der Waals surface area contributed by atoms with Gasteiger partial charge in [-0.1, -0.05) is 41.9 Å². The number of halogens is 2. The summed E-state index contributed by atoms with van der Waals surface area (Å²) in [5.74, 6) is -1.37. The number of amides is 1. The smallest absolute Gasteiger partial charge is 0.308 e. The topological polar surface area (TPSA) is 99.0 Å². The van der Waals surface area contributed by atoms with Gasteiger partial charge >= 0.3 is 5.97 Å².